The standard InChI is InChI=1S/C19H19N3O5S2/c1-12-15(7-9-26-12)18-20-21-19(27-18)28-11-17(23)14-5-6-16-13(10-14)4-3-8-22(16)29(2,24)25/h5-7,9-10H,3-4,8,11H2,1-2H3. The van der Waals surface area contributed by atoms with Crippen molar-refractivity contribution in [2.75, 3.05) is 22.9 Å². The zero-order valence-electron chi connectivity index (χ0n) is 15.9. The molecule has 1 aliphatic rings. The molecule has 3 heterocycles. The van der Waals surface area contributed by atoms with Gasteiger partial charge in [0.05, 0.1) is 29.5 Å². The number of sulfonamides is 1. The topological polar surface area (TPSA) is 107 Å². The zero-order chi connectivity index (χ0) is 20.6. The minimum absolute atomic E-state index is 0.0893. The summed E-state index contributed by atoms with van der Waals surface area (Å²) < 4.78 is 36.1. The van der Waals surface area contributed by atoms with Gasteiger partial charge in [0.15, 0.2) is 5.78 Å². The van der Waals surface area contributed by atoms with Gasteiger partial charge in [-0.05, 0) is 49.6 Å². The van der Waals surface area contributed by atoms with E-state index >= 15 is 0 Å². The normalized spacial score (nSPS) is 14.1. The number of thioether (sulfide) groups is 1. The van der Waals surface area contributed by atoms with Crippen molar-refractivity contribution in [2.24, 2.45) is 0 Å². The van der Waals surface area contributed by atoms with Gasteiger partial charge >= 0.3 is 0 Å². The molecule has 29 heavy (non-hydrogen) atoms. The minimum Gasteiger partial charge on any atom is -0.469 e. The van der Waals surface area contributed by atoms with E-state index in [1.54, 1.807) is 37.5 Å². The number of benzene rings is 1. The first-order valence-electron chi connectivity index (χ1n) is 8.97. The third-order valence-corrected chi connectivity index (χ3v) is 6.70. The Morgan fingerprint density at radius 1 is 1.28 bits per heavy atom. The number of aryl methyl sites for hydroxylation is 2. The number of carbonyl (C=O) groups is 1. The summed E-state index contributed by atoms with van der Waals surface area (Å²) in [7, 11) is -3.33. The van der Waals surface area contributed by atoms with Gasteiger partial charge in [0, 0.05) is 12.1 Å². The fourth-order valence-electron chi connectivity index (χ4n) is 3.27. The van der Waals surface area contributed by atoms with Gasteiger partial charge < -0.3 is 8.83 Å². The highest BCUT2D eigenvalue weighted by molar-refractivity contribution is 7.99. The summed E-state index contributed by atoms with van der Waals surface area (Å²) in [5.41, 5.74) is 2.78. The average molecular weight is 434 g/mol. The third-order valence-electron chi connectivity index (χ3n) is 4.70. The Bertz CT molecular complexity index is 1170. The number of rotatable bonds is 6. The summed E-state index contributed by atoms with van der Waals surface area (Å²) in [4.78, 5) is 12.6. The van der Waals surface area contributed by atoms with Crippen LogP contribution in [0.4, 0.5) is 5.69 Å². The third kappa shape index (κ3) is 4.08. The second kappa shape index (κ2) is 7.68. The van der Waals surface area contributed by atoms with Crippen LogP contribution in [0.2, 0.25) is 0 Å². The first kappa shape index (κ1) is 19.7. The fraction of sp³-hybridized carbons (Fsp3) is 0.316. The van der Waals surface area contributed by atoms with Gasteiger partial charge in [-0.1, -0.05) is 11.8 Å². The number of nitrogens with zero attached hydrogens (tertiary/aromatic N) is 3. The number of fused-ring (bicyclic) bond motifs is 1. The smallest absolute Gasteiger partial charge is 0.277 e. The molecule has 0 bridgehead atoms. The Morgan fingerprint density at radius 2 is 2.10 bits per heavy atom. The van der Waals surface area contributed by atoms with Crippen molar-refractivity contribution in [1.29, 1.82) is 0 Å². The van der Waals surface area contributed by atoms with Crippen LogP contribution in [0, 0.1) is 6.92 Å². The van der Waals surface area contributed by atoms with E-state index in [1.165, 1.54) is 10.6 Å². The van der Waals surface area contributed by atoms with Crippen LogP contribution in [-0.2, 0) is 16.4 Å². The molecule has 0 fully saturated rings. The maximum Gasteiger partial charge on any atom is 0.277 e. The molecule has 2 aromatic heterocycles. The van der Waals surface area contributed by atoms with E-state index in [9.17, 15) is 13.2 Å². The van der Waals surface area contributed by atoms with Crippen LogP contribution in [-0.4, -0.2) is 43.0 Å². The molecule has 8 nitrogen and oxygen atoms in total. The molecule has 0 unspecified atom stereocenters. The number of anilines is 1. The molecule has 0 spiro atoms. The lowest BCUT2D eigenvalue weighted by atomic mass is 9.99. The quantitative estimate of drug-likeness (QED) is 0.430. The van der Waals surface area contributed by atoms with Crippen LogP contribution in [0.25, 0.3) is 11.5 Å². The predicted octanol–water partition coefficient (Wildman–Crippen LogP) is 3.33. The molecule has 0 saturated carbocycles. The molecule has 4 rings (SSSR count). The van der Waals surface area contributed by atoms with Crippen molar-refractivity contribution in [3.05, 3.63) is 47.4 Å². The number of furan rings is 1. The van der Waals surface area contributed by atoms with E-state index in [-0.39, 0.29) is 11.5 Å². The minimum atomic E-state index is -3.33. The summed E-state index contributed by atoms with van der Waals surface area (Å²) >= 11 is 1.16. The SMILES string of the molecule is Cc1occc1-c1nnc(SCC(=O)c2ccc3c(c2)CCCN3S(C)(=O)=O)o1. The van der Waals surface area contributed by atoms with Gasteiger partial charge in [-0.3, -0.25) is 9.10 Å². The number of hydrogen-bond acceptors (Lipinski definition) is 8. The van der Waals surface area contributed by atoms with E-state index in [1.807, 2.05) is 0 Å². The monoisotopic (exact) mass is 433 g/mol. The second-order valence-corrected chi connectivity index (χ2v) is 9.59. The van der Waals surface area contributed by atoms with Crippen molar-refractivity contribution < 1.29 is 22.0 Å². The first-order valence-corrected chi connectivity index (χ1v) is 11.8. The van der Waals surface area contributed by atoms with Crippen molar-refractivity contribution in [2.45, 2.75) is 25.0 Å². The zero-order valence-corrected chi connectivity index (χ0v) is 17.5. The van der Waals surface area contributed by atoms with Gasteiger partial charge in [0.1, 0.15) is 5.76 Å². The molecule has 3 aromatic rings. The van der Waals surface area contributed by atoms with Gasteiger partial charge in [-0.2, -0.15) is 0 Å². The molecule has 0 N–H and O–H groups in total. The van der Waals surface area contributed by atoms with Gasteiger partial charge in [-0.25, -0.2) is 8.42 Å². The lowest BCUT2D eigenvalue weighted by molar-refractivity contribution is 0.102. The van der Waals surface area contributed by atoms with Crippen molar-refractivity contribution in [1.82, 2.24) is 10.2 Å². The van der Waals surface area contributed by atoms with Crippen molar-refractivity contribution >= 4 is 33.3 Å². The van der Waals surface area contributed by atoms with E-state index < -0.39 is 10.0 Å². The van der Waals surface area contributed by atoms with Crippen LogP contribution in [0.15, 0.2) is 44.6 Å². The summed E-state index contributed by atoms with van der Waals surface area (Å²) in [6, 6.07) is 6.90. The van der Waals surface area contributed by atoms with Crippen LogP contribution < -0.4 is 4.31 Å². The Morgan fingerprint density at radius 3 is 2.83 bits per heavy atom. The molecule has 0 atom stereocenters. The van der Waals surface area contributed by atoms with Crippen LogP contribution in [0.5, 0.6) is 0 Å². The predicted molar refractivity (Wildman–Crippen MR) is 109 cm³/mol. The molecule has 0 saturated heterocycles. The van der Waals surface area contributed by atoms with Crippen LogP contribution >= 0.6 is 11.8 Å². The van der Waals surface area contributed by atoms with E-state index in [0.717, 1.165) is 35.7 Å². The molecule has 0 radical (unpaired) electrons. The Hall–Kier alpha value is -2.59. The van der Waals surface area contributed by atoms with Crippen LogP contribution in [0.3, 0.4) is 0 Å². The van der Waals surface area contributed by atoms with Crippen LogP contribution in [0.1, 0.15) is 28.1 Å². The Labute approximate surface area is 172 Å². The average Bonchev–Trinajstić information content (AvgIpc) is 3.33. The lowest BCUT2D eigenvalue weighted by Crippen LogP contribution is -2.34. The number of aromatic nitrogens is 2. The molecule has 1 aromatic carbocycles. The van der Waals surface area contributed by atoms with Crippen molar-refractivity contribution in [3.63, 3.8) is 0 Å². The first-order chi connectivity index (χ1) is 13.8. The molecule has 0 amide bonds. The maximum absolute atomic E-state index is 12.6. The Kier molecular flexibility index (Phi) is 5.22. The Balaban J connectivity index is 1.46. The van der Waals surface area contributed by atoms with Gasteiger partial charge in [0.25, 0.3) is 11.1 Å². The largest absolute Gasteiger partial charge is 0.469 e. The summed E-state index contributed by atoms with van der Waals surface area (Å²) in [5, 5.41) is 8.25. The molecule has 152 valence electrons. The highest BCUT2D eigenvalue weighted by Gasteiger charge is 2.25. The highest BCUT2D eigenvalue weighted by Crippen LogP contribution is 2.31. The summed E-state index contributed by atoms with van der Waals surface area (Å²) in [5.74, 6) is 1.08. The van der Waals surface area contributed by atoms with E-state index in [2.05, 4.69) is 10.2 Å². The molecular weight excluding hydrogens is 414 g/mol. The molecule has 10 heteroatoms. The van der Waals surface area contributed by atoms with Crippen molar-refractivity contribution in [3.8, 4) is 11.5 Å². The number of ketones is 1. The number of carbonyl (C=O) groups excluding carboxylic acids is 1. The van der Waals surface area contributed by atoms with Gasteiger partial charge in [-0.15, -0.1) is 10.2 Å². The molecule has 0 aliphatic carbocycles. The van der Waals surface area contributed by atoms with Gasteiger partial charge in [0.2, 0.25) is 10.0 Å². The highest BCUT2D eigenvalue weighted by atomic mass is 32.2. The second-order valence-electron chi connectivity index (χ2n) is 6.76. The number of hydrogen-bond donors (Lipinski definition) is 0. The summed E-state index contributed by atoms with van der Waals surface area (Å²) in [6.07, 6.45) is 4.21. The fourth-order valence-corrected chi connectivity index (χ4v) is 4.93. The summed E-state index contributed by atoms with van der Waals surface area (Å²) in [6.45, 7) is 2.27. The molecular formula is C19H19N3O5S2. The lowest BCUT2D eigenvalue weighted by Gasteiger charge is -2.29. The van der Waals surface area contributed by atoms with E-state index in [0.29, 0.717) is 34.7 Å². The van der Waals surface area contributed by atoms with E-state index in [4.69, 9.17) is 8.83 Å². The number of Topliss-reactive ketones (excluding diaryl/α,β-unsaturated/α-hetero) is 1. The maximum atomic E-state index is 12.6. The molecule has 1 aliphatic heterocycles.